The van der Waals surface area contributed by atoms with Crippen LogP contribution in [-0.2, 0) is 21.4 Å². The number of aromatic nitrogens is 3. The van der Waals surface area contributed by atoms with E-state index in [1.807, 2.05) is 6.92 Å². The lowest BCUT2D eigenvalue weighted by atomic mass is 10.1. The zero-order chi connectivity index (χ0) is 25.7. The highest BCUT2D eigenvalue weighted by Crippen LogP contribution is 2.27. The predicted molar refractivity (Wildman–Crippen MR) is 141 cm³/mol. The van der Waals surface area contributed by atoms with Gasteiger partial charge in [0.25, 0.3) is 0 Å². The highest BCUT2D eigenvalue weighted by atomic mass is 35.5. The average molecular weight is 552 g/mol. The van der Waals surface area contributed by atoms with Gasteiger partial charge in [0.15, 0.2) is 5.13 Å². The molecule has 14 heteroatoms. The number of carbonyl (C=O) groups excluding carboxylic acids is 1. The Labute approximate surface area is 216 Å². The lowest BCUT2D eigenvalue weighted by molar-refractivity contribution is -0.115. The third kappa shape index (κ3) is 6.10. The van der Waals surface area contributed by atoms with Crippen LogP contribution in [0.2, 0.25) is 4.34 Å². The zero-order valence-corrected chi connectivity index (χ0v) is 21.5. The van der Waals surface area contributed by atoms with E-state index in [9.17, 15) is 17.6 Å². The Bertz CT molecular complexity index is 1490. The second kappa shape index (κ2) is 11.2. The number of nitrogens with zero attached hydrogens (tertiary/aromatic N) is 3. The fourth-order valence-electron chi connectivity index (χ4n) is 3.48. The molecule has 4 N–H and O–H groups in total. The number of hydrogen-bond donors (Lipinski definition) is 4. The lowest BCUT2D eigenvalue weighted by Gasteiger charge is -2.13. The summed E-state index contributed by atoms with van der Waals surface area (Å²) in [5.74, 6) is -0.757. The molecule has 0 fully saturated rings. The Hall–Kier alpha value is -3.26. The van der Waals surface area contributed by atoms with Crippen LogP contribution in [0.4, 0.5) is 20.9 Å². The Morgan fingerprint density at radius 1 is 1.17 bits per heavy atom. The Balaban J connectivity index is 1.51. The molecule has 0 bridgehead atoms. The standard InChI is InChI=1S/C22H23ClFN7O3S2/c1-2-25-8-9-26-18-11-15(24)7-6-14(18)10-21(32)29-17-4-3-5-19-16(17)12-28-31(19)36(33,34)30-22-27-13-20(23)35-22/h3-7,11-13,25-26H,2,8-10H2,1H3,(H,27,30)(H,29,32). The molecule has 0 aliphatic heterocycles. The first-order chi connectivity index (χ1) is 17.3. The quantitative estimate of drug-likeness (QED) is 0.209. The zero-order valence-electron chi connectivity index (χ0n) is 19.1. The SMILES string of the molecule is CCNCCNc1cc(F)ccc1CC(=O)Nc1cccc2c1cnn2S(=O)(=O)Nc1ncc(Cl)s1. The molecule has 2 heterocycles. The molecule has 0 aliphatic carbocycles. The van der Waals surface area contributed by atoms with Crippen molar-refractivity contribution in [3.05, 3.63) is 64.5 Å². The van der Waals surface area contributed by atoms with Crippen LogP contribution in [0.1, 0.15) is 12.5 Å². The molecule has 1 amide bonds. The van der Waals surface area contributed by atoms with Gasteiger partial charge in [-0.15, -0.1) is 4.09 Å². The monoisotopic (exact) mass is 551 g/mol. The number of likely N-dealkylation sites (N-methyl/N-ethyl adjacent to an activating group) is 1. The molecule has 190 valence electrons. The van der Waals surface area contributed by atoms with Crippen molar-refractivity contribution in [1.29, 1.82) is 0 Å². The molecular formula is C22H23ClFN7O3S2. The highest BCUT2D eigenvalue weighted by molar-refractivity contribution is 7.91. The number of thiazole rings is 1. The highest BCUT2D eigenvalue weighted by Gasteiger charge is 2.21. The molecule has 2 aromatic carbocycles. The van der Waals surface area contributed by atoms with Gasteiger partial charge in [0, 0.05) is 24.2 Å². The molecule has 0 radical (unpaired) electrons. The number of hydrogen-bond acceptors (Lipinski definition) is 8. The number of halogens is 2. The van der Waals surface area contributed by atoms with Gasteiger partial charge in [-0.3, -0.25) is 4.79 Å². The minimum atomic E-state index is -4.12. The summed E-state index contributed by atoms with van der Waals surface area (Å²) < 4.78 is 42.9. The maximum absolute atomic E-state index is 13.8. The van der Waals surface area contributed by atoms with Crippen LogP contribution in [0.25, 0.3) is 10.9 Å². The molecule has 0 saturated heterocycles. The number of carbonyl (C=O) groups is 1. The van der Waals surface area contributed by atoms with Crippen LogP contribution in [0.5, 0.6) is 0 Å². The lowest BCUT2D eigenvalue weighted by Crippen LogP contribution is -2.22. The van der Waals surface area contributed by atoms with Crippen LogP contribution < -0.4 is 20.7 Å². The second-order valence-corrected chi connectivity index (χ2v) is 10.8. The number of fused-ring (bicyclic) bond motifs is 1. The second-order valence-electron chi connectivity index (χ2n) is 7.61. The molecule has 0 saturated carbocycles. The number of rotatable bonds is 11. The van der Waals surface area contributed by atoms with Gasteiger partial charge in [-0.05, 0) is 36.4 Å². The number of nitrogens with one attached hydrogen (secondary N) is 4. The molecule has 4 aromatic rings. The van der Waals surface area contributed by atoms with Crippen molar-refractivity contribution < 1.29 is 17.6 Å². The molecule has 4 rings (SSSR count). The van der Waals surface area contributed by atoms with Crippen molar-refractivity contribution >= 4 is 66.5 Å². The molecule has 2 aromatic heterocycles. The summed E-state index contributed by atoms with van der Waals surface area (Å²) in [5, 5.41) is 13.6. The van der Waals surface area contributed by atoms with Crippen molar-refractivity contribution in [1.82, 2.24) is 19.5 Å². The van der Waals surface area contributed by atoms with E-state index >= 15 is 0 Å². The van der Waals surface area contributed by atoms with Gasteiger partial charge in [-0.2, -0.15) is 13.5 Å². The average Bonchev–Trinajstić information content (AvgIpc) is 3.45. The summed E-state index contributed by atoms with van der Waals surface area (Å²) in [4.78, 5) is 16.8. The van der Waals surface area contributed by atoms with E-state index in [1.54, 1.807) is 24.3 Å². The maximum atomic E-state index is 13.8. The third-order valence-electron chi connectivity index (χ3n) is 5.07. The van der Waals surface area contributed by atoms with Gasteiger partial charge in [0.2, 0.25) is 5.91 Å². The number of anilines is 3. The third-order valence-corrected chi connectivity index (χ3v) is 7.42. The van der Waals surface area contributed by atoms with Crippen molar-refractivity contribution in [2.24, 2.45) is 0 Å². The van der Waals surface area contributed by atoms with E-state index in [0.29, 0.717) is 39.8 Å². The summed E-state index contributed by atoms with van der Waals surface area (Å²) in [7, 11) is -4.12. The topological polar surface area (TPSA) is 130 Å². The van der Waals surface area contributed by atoms with Crippen molar-refractivity contribution in [2.75, 3.05) is 35.0 Å². The summed E-state index contributed by atoms with van der Waals surface area (Å²) in [6, 6.07) is 9.04. The van der Waals surface area contributed by atoms with Gasteiger partial charge >= 0.3 is 10.2 Å². The fourth-order valence-corrected chi connectivity index (χ4v) is 5.58. The van der Waals surface area contributed by atoms with Crippen molar-refractivity contribution in [2.45, 2.75) is 13.3 Å². The minimum Gasteiger partial charge on any atom is -0.383 e. The van der Waals surface area contributed by atoms with Gasteiger partial charge in [-0.1, -0.05) is 42.0 Å². The smallest absolute Gasteiger partial charge is 0.345 e. The van der Waals surface area contributed by atoms with Gasteiger partial charge in [-0.25, -0.2) is 14.1 Å². The van der Waals surface area contributed by atoms with E-state index < -0.39 is 16.0 Å². The minimum absolute atomic E-state index is 0.0149. The first-order valence-corrected chi connectivity index (χ1v) is 13.5. The van der Waals surface area contributed by atoms with E-state index in [4.69, 9.17) is 11.6 Å². The summed E-state index contributed by atoms with van der Waals surface area (Å²) in [5.41, 5.74) is 1.81. The van der Waals surface area contributed by atoms with Gasteiger partial charge in [0.1, 0.15) is 10.2 Å². The largest absolute Gasteiger partial charge is 0.383 e. The first-order valence-electron chi connectivity index (χ1n) is 10.9. The Morgan fingerprint density at radius 2 is 2.00 bits per heavy atom. The van der Waals surface area contributed by atoms with E-state index in [2.05, 4.69) is 30.8 Å². The van der Waals surface area contributed by atoms with E-state index in [0.717, 1.165) is 22.0 Å². The Kier molecular flexibility index (Phi) is 8.04. The van der Waals surface area contributed by atoms with E-state index in [1.165, 1.54) is 24.5 Å². The number of benzene rings is 2. The summed E-state index contributed by atoms with van der Waals surface area (Å²) in [6.07, 6.45) is 2.67. The van der Waals surface area contributed by atoms with Crippen molar-refractivity contribution in [3.8, 4) is 0 Å². The molecule has 0 aliphatic rings. The molecule has 36 heavy (non-hydrogen) atoms. The molecule has 0 spiro atoms. The van der Waals surface area contributed by atoms with E-state index in [-0.39, 0.29) is 23.0 Å². The first kappa shape index (κ1) is 25.8. The van der Waals surface area contributed by atoms with Crippen molar-refractivity contribution in [3.63, 3.8) is 0 Å². The Morgan fingerprint density at radius 3 is 2.75 bits per heavy atom. The predicted octanol–water partition coefficient (Wildman–Crippen LogP) is 3.69. The summed E-state index contributed by atoms with van der Waals surface area (Å²) in [6.45, 7) is 4.07. The van der Waals surface area contributed by atoms with Crippen LogP contribution >= 0.6 is 22.9 Å². The van der Waals surface area contributed by atoms with Gasteiger partial charge in [0.05, 0.1) is 30.0 Å². The molecular weight excluding hydrogens is 529 g/mol. The maximum Gasteiger partial charge on any atom is 0.345 e. The normalized spacial score (nSPS) is 11.5. The van der Waals surface area contributed by atoms with Crippen LogP contribution in [0.3, 0.4) is 0 Å². The summed E-state index contributed by atoms with van der Waals surface area (Å²) >= 11 is 6.80. The van der Waals surface area contributed by atoms with Crippen LogP contribution in [0, 0.1) is 5.82 Å². The molecule has 0 atom stereocenters. The fraction of sp³-hybridized carbons (Fsp3) is 0.227. The van der Waals surface area contributed by atoms with Crippen LogP contribution in [0.15, 0.2) is 48.8 Å². The molecule has 10 nitrogen and oxygen atoms in total. The van der Waals surface area contributed by atoms with Gasteiger partial charge < -0.3 is 16.0 Å². The number of amides is 1. The van der Waals surface area contributed by atoms with Crippen LogP contribution in [-0.4, -0.2) is 48.1 Å². The molecule has 0 unspecified atom stereocenters.